The van der Waals surface area contributed by atoms with Gasteiger partial charge < -0.3 is 0 Å². The van der Waals surface area contributed by atoms with Gasteiger partial charge in [0, 0.05) is 49.4 Å². The summed E-state index contributed by atoms with van der Waals surface area (Å²) in [6.45, 7) is 6.94. The minimum Gasteiger partial charge on any atom is -0.298 e. The van der Waals surface area contributed by atoms with Crippen LogP contribution >= 0.6 is 0 Å². The second kappa shape index (κ2) is 8.16. The average molecular weight is 411 g/mol. The van der Waals surface area contributed by atoms with Gasteiger partial charge in [0.05, 0.1) is 5.69 Å². The van der Waals surface area contributed by atoms with E-state index in [2.05, 4.69) is 23.7 Å². The van der Waals surface area contributed by atoms with Gasteiger partial charge in [-0.3, -0.25) is 19.4 Å². The van der Waals surface area contributed by atoms with Crippen molar-refractivity contribution >= 4 is 23.0 Å². The first-order chi connectivity index (χ1) is 14.4. The lowest BCUT2D eigenvalue weighted by molar-refractivity contribution is 0.0697. The normalized spacial score (nSPS) is 22.0. The zero-order valence-corrected chi connectivity index (χ0v) is 16.9. The molecule has 1 aliphatic carbocycles. The molecule has 7 heteroatoms. The van der Waals surface area contributed by atoms with Crippen LogP contribution in [0.1, 0.15) is 34.6 Å². The van der Waals surface area contributed by atoms with Gasteiger partial charge in [-0.1, -0.05) is 24.3 Å². The summed E-state index contributed by atoms with van der Waals surface area (Å²) in [4.78, 5) is 35.1. The lowest BCUT2D eigenvalue weighted by Gasteiger charge is -2.41. The average Bonchev–Trinajstić information content (AvgIpc) is 2.74. The number of carbonyl (C=O) groups is 2. The third-order valence-electron chi connectivity index (χ3n) is 5.77. The maximum absolute atomic E-state index is 14.3. The number of nitrogens with zero attached hydrogens (tertiary/aromatic N) is 3. The number of halogens is 2. The minimum absolute atomic E-state index is 0.0118. The molecule has 5 nitrogen and oxygen atoms in total. The van der Waals surface area contributed by atoms with E-state index in [9.17, 15) is 18.4 Å². The van der Waals surface area contributed by atoms with Crippen molar-refractivity contribution in [3.8, 4) is 0 Å². The van der Waals surface area contributed by atoms with Crippen molar-refractivity contribution in [2.24, 2.45) is 4.99 Å². The topological polar surface area (TPSA) is 53.0 Å². The monoisotopic (exact) mass is 411 g/mol. The zero-order chi connectivity index (χ0) is 21.4. The van der Waals surface area contributed by atoms with Crippen LogP contribution in [0.5, 0.6) is 0 Å². The molecule has 1 atom stereocenters. The van der Waals surface area contributed by atoms with Crippen LogP contribution in [0.2, 0.25) is 0 Å². The summed E-state index contributed by atoms with van der Waals surface area (Å²) in [5.41, 5.74) is 0.457. The van der Waals surface area contributed by atoms with Crippen molar-refractivity contribution in [2.75, 3.05) is 26.2 Å². The molecule has 0 aromatic heterocycles. The predicted molar refractivity (Wildman–Crippen MR) is 111 cm³/mol. The van der Waals surface area contributed by atoms with E-state index in [-0.39, 0.29) is 22.7 Å². The molecule has 0 bridgehead atoms. The fourth-order valence-corrected chi connectivity index (χ4v) is 4.09. The van der Waals surface area contributed by atoms with Crippen molar-refractivity contribution in [1.29, 1.82) is 0 Å². The SMILES string of the molecule is CC(C)N1CCN(C2C(=O)c3ccccc3C(=O)C2=Nc2ccc(F)cc2F)CC1. The van der Waals surface area contributed by atoms with E-state index >= 15 is 0 Å². The van der Waals surface area contributed by atoms with E-state index in [1.54, 1.807) is 24.3 Å². The highest BCUT2D eigenvalue weighted by Gasteiger charge is 2.42. The molecule has 0 spiro atoms. The molecule has 4 rings (SSSR count). The van der Waals surface area contributed by atoms with Crippen LogP contribution in [0.3, 0.4) is 0 Å². The van der Waals surface area contributed by atoms with Crippen molar-refractivity contribution in [1.82, 2.24) is 9.80 Å². The molecule has 2 aliphatic rings. The summed E-state index contributed by atoms with van der Waals surface area (Å²) < 4.78 is 27.6. The molecule has 1 heterocycles. The molecule has 2 aromatic carbocycles. The quantitative estimate of drug-likeness (QED) is 0.776. The van der Waals surface area contributed by atoms with Gasteiger partial charge >= 0.3 is 0 Å². The zero-order valence-electron chi connectivity index (χ0n) is 16.9. The summed E-state index contributed by atoms with van der Waals surface area (Å²) in [5, 5.41) is 0. The molecule has 0 saturated carbocycles. The highest BCUT2D eigenvalue weighted by atomic mass is 19.1. The number of ketones is 2. The smallest absolute Gasteiger partial charge is 0.210 e. The van der Waals surface area contributed by atoms with Crippen LogP contribution in [0.15, 0.2) is 47.5 Å². The van der Waals surface area contributed by atoms with Gasteiger partial charge in [-0.2, -0.15) is 0 Å². The van der Waals surface area contributed by atoms with E-state index in [4.69, 9.17) is 0 Å². The molecule has 1 fully saturated rings. The lowest BCUT2D eigenvalue weighted by atomic mass is 9.83. The van der Waals surface area contributed by atoms with Crippen LogP contribution in [-0.4, -0.2) is 65.3 Å². The molecular formula is C23H23F2N3O2. The Morgan fingerprint density at radius 2 is 1.63 bits per heavy atom. The number of fused-ring (bicyclic) bond motifs is 1. The van der Waals surface area contributed by atoms with Gasteiger partial charge in [0.15, 0.2) is 11.6 Å². The Bertz CT molecular complexity index is 1030. The molecule has 156 valence electrons. The van der Waals surface area contributed by atoms with Gasteiger partial charge in [0.1, 0.15) is 17.6 Å². The van der Waals surface area contributed by atoms with Crippen LogP contribution < -0.4 is 0 Å². The maximum atomic E-state index is 14.3. The van der Waals surface area contributed by atoms with Crippen LogP contribution in [0.25, 0.3) is 0 Å². The van der Waals surface area contributed by atoms with Gasteiger partial charge in [-0.05, 0) is 26.0 Å². The predicted octanol–water partition coefficient (Wildman–Crippen LogP) is 3.51. The molecule has 0 radical (unpaired) electrons. The Morgan fingerprint density at radius 3 is 2.27 bits per heavy atom. The number of rotatable bonds is 3. The number of hydrogen-bond donors (Lipinski definition) is 0. The number of aliphatic imine (C=N–C) groups is 1. The summed E-state index contributed by atoms with van der Waals surface area (Å²) in [6, 6.07) is 9.12. The largest absolute Gasteiger partial charge is 0.298 e. The van der Waals surface area contributed by atoms with Crippen molar-refractivity contribution in [3.63, 3.8) is 0 Å². The molecular weight excluding hydrogens is 388 g/mol. The highest BCUT2D eigenvalue weighted by molar-refractivity contribution is 6.55. The Labute approximate surface area is 174 Å². The highest BCUT2D eigenvalue weighted by Crippen LogP contribution is 2.28. The van der Waals surface area contributed by atoms with E-state index < -0.39 is 23.5 Å². The van der Waals surface area contributed by atoms with Gasteiger partial charge in [-0.25, -0.2) is 13.8 Å². The summed E-state index contributed by atoms with van der Waals surface area (Å²) in [6.07, 6.45) is 0. The molecule has 1 unspecified atom stereocenters. The molecule has 0 amide bonds. The van der Waals surface area contributed by atoms with Crippen LogP contribution in [0.4, 0.5) is 14.5 Å². The molecule has 0 N–H and O–H groups in total. The minimum atomic E-state index is -0.883. The fraction of sp³-hybridized carbons (Fsp3) is 0.348. The number of carbonyl (C=O) groups excluding carboxylic acids is 2. The van der Waals surface area contributed by atoms with Crippen molar-refractivity contribution < 1.29 is 18.4 Å². The molecule has 1 aliphatic heterocycles. The van der Waals surface area contributed by atoms with E-state index in [1.807, 2.05) is 4.90 Å². The van der Waals surface area contributed by atoms with Crippen molar-refractivity contribution in [3.05, 3.63) is 65.2 Å². The van der Waals surface area contributed by atoms with Gasteiger partial charge in [0.25, 0.3) is 0 Å². The summed E-state index contributed by atoms with van der Waals surface area (Å²) in [5.74, 6) is -2.21. The Balaban J connectivity index is 1.77. The first-order valence-electron chi connectivity index (χ1n) is 10.1. The third-order valence-corrected chi connectivity index (χ3v) is 5.77. The first-order valence-corrected chi connectivity index (χ1v) is 10.1. The maximum Gasteiger partial charge on any atom is 0.210 e. The number of Topliss-reactive ketones (excluding diaryl/α,β-unsaturated/α-hetero) is 2. The summed E-state index contributed by atoms with van der Waals surface area (Å²) >= 11 is 0. The second-order valence-electron chi connectivity index (χ2n) is 7.90. The Morgan fingerprint density at radius 1 is 0.967 bits per heavy atom. The molecule has 30 heavy (non-hydrogen) atoms. The molecule has 1 saturated heterocycles. The first kappa shape index (κ1) is 20.5. The standard InChI is InChI=1S/C23H23F2N3O2/c1-14(2)27-9-11-28(12-10-27)21-20(26-19-8-7-15(24)13-18(19)25)22(29)16-5-3-4-6-17(16)23(21)30/h3-8,13-14,21H,9-12H2,1-2H3. The van der Waals surface area contributed by atoms with Gasteiger partial charge in [-0.15, -0.1) is 0 Å². The summed E-state index contributed by atoms with van der Waals surface area (Å²) in [7, 11) is 0. The number of hydrogen-bond acceptors (Lipinski definition) is 5. The van der Waals surface area contributed by atoms with E-state index in [0.29, 0.717) is 24.7 Å². The Hall–Kier alpha value is -2.77. The third kappa shape index (κ3) is 3.70. The van der Waals surface area contributed by atoms with Crippen LogP contribution in [-0.2, 0) is 0 Å². The van der Waals surface area contributed by atoms with Gasteiger partial charge in [0.2, 0.25) is 5.78 Å². The Kier molecular flexibility index (Phi) is 5.58. The number of piperazine rings is 1. The molecule has 2 aromatic rings. The van der Waals surface area contributed by atoms with E-state index in [0.717, 1.165) is 25.2 Å². The van der Waals surface area contributed by atoms with Crippen LogP contribution in [0, 0.1) is 11.6 Å². The fourth-order valence-electron chi connectivity index (χ4n) is 4.09. The number of benzene rings is 2. The second-order valence-corrected chi connectivity index (χ2v) is 7.90. The van der Waals surface area contributed by atoms with E-state index in [1.165, 1.54) is 6.07 Å². The van der Waals surface area contributed by atoms with Crippen molar-refractivity contribution in [2.45, 2.75) is 25.9 Å². The lowest BCUT2D eigenvalue weighted by Crippen LogP contribution is -2.59.